The SMILES string of the molecule is COCC(=O)N(Cc1cc(C(=O)NCc2cccc(Cl)c2)no1)C1CCCC1. The molecule has 2 amide bonds. The number of hydrogen-bond donors (Lipinski definition) is 1. The molecule has 0 atom stereocenters. The van der Waals surface area contributed by atoms with Crippen LogP contribution in [0.15, 0.2) is 34.9 Å². The van der Waals surface area contributed by atoms with E-state index in [9.17, 15) is 9.59 Å². The maximum atomic E-state index is 12.4. The summed E-state index contributed by atoms with van der Waals surface area (Å²) in [4.78, 5) is 26.5. The third-order valence-corrected chi connectivity index (χ3v) is 5.05. The second-order valence-corrected chi connectivity index (χ2v) is 7.32. The average Bonchev–Trinajstić information content (AvgIpc) is 3.36. The van der Waals surface area contributed by atoms with E-state index >= 15 is 0 Å². The van der Waals surface area contributed by atoms with Crippen LogP contribution in [0.25, 0.3) is 0 Å². The summed E-state index contributed by atoms with van der Waals surface area (Å²) in [7, 11) is 1.50. The summed E-state index contributed by atoms with van der Waals surface area (Å²) in [5, 5.41) is 7.25. The van der Waals surface area contributed by atoms with Gasteiger partial charge in [0, 0.05) is 30.8 Å². The third kappa shape index (κ3) is 5.33. The summed E-state index contributed by atoms with van der Waals surface area (Å²) in [6.07, 6.45) is 4.15. The monoisotopic (exact) mass is 405 g/mol. The lowest BCUT2D eigenvalue weighted by Crippen LogP contribution is -2.40. The minimum absolute atomic E-state index is 0.0254. The predicted molar refractivity (Wildman–Crippen MR) is 104 cm³/mol. The van der Waals surface area contributed by atoms with Crippen molar-refractivity contribution in [1.29, 1.82) is 0 Å². The second kappa shape index (κ2) is 9.71. The molecule has 0 saturated heterocycles. The fourth-order valence-corrected chi connectivity index (χ4v) is 3.64. The number of hydrogen-bond acceptors (Lipinski definition) is 5. The molecule has 1 fully saturated rings. The molecule has 28 heavy (non-hydrogen) atoms. The Labute approximate surface area is 169 Å². The fourth-order valence-electron chi connectivity index (χ4n) is 3.43. The van der Waals surface area contributed by atoms with Gasteiger partial charge >= 0.3 is 0 Å². The number of carbonyl (C=O) groups is 2. The fraction of sp³-hybridized carbons (Fsp3) is 0.450. The summed E-state index contributed by atoms with van der Waals surface area (Å²) in [5.74, 6) is 0.0487. The molecule has 150 valence electrons. The van der Waals surface area contributed by atoms with Gasteiger partial charge in [-0.3, -0.25) is 9.59 Å². The number of methoxy groups -OCH3 is 1. The van der Waals surface area contributed by atoms with E-state index in [2.05, 4.69) is 10.5 Å². The van der Waals surface area contributed by atoms with Crippen LogP contribution in [0.4, 0.5) is 0 Å². The number of nitrogens with zero attached hydrogens (tertiary/aromatic N) is 2. The van der Waals surface area contributed by atoms with Crippen LogP contribution < -0.4 is 5.32 Å². The van der Waals surface area contributed by atoms with Gasteiger partial charge < -0.3 is 19.5 Å². The van der Waals surface area contributed by atoms with E-state index < -0.39 is 0 Å². The Hall–Kier alpha value is -2.38. The Bertz CT molecular complexity index is 817. The number of nitrogens with one attached hydrogen (secondary N) is 1. The molecule has 1 aromatic heterocycles. The number of amides is 2. The van der Waals surface area contributed by atoms with E-state index in [1.807, 2.05) is 12.1 Å². The van der Waals surface area contributed by atoms with E-state index in [4.69, 9.17) is 20.9 Å². The molecule has 1 N–H and O–H groups in total. The molecule has 0 bridgehead atoms. The Morgan fingerprint density at radius 3 is 2.82 bits per heavy atom. The van der Waals surface area contributed by atoms with Crippen molar-refractivity contribution < 1.29 is 18.8 Å². The van der Waals surface area contributed by atoms with E-state index in [1.54, 1.807) is 23.1 Å². The van der Waals surface area contributed by atoms with Gasteiger partial charge in [0.05, 0.1) is 6.54 Å². The summed E-state index contributed by atoms with van der Waals surface area (Å²) in [5.41, 5.74) is 1.07. The molecule has 1 heterocycles. The molecule has 1 saturated carbocycles. The highest BCUT2D eigenvalue weighted by molar-refractivity contribution is 6.30. The molecular formula is C20H24ClN3O4. The van der Waals surface area contributed by atoms with Gasteiger partial charge in [-0.25, -0.2) is 0 Å². The van der Waals surface area contributed by atoms with Gasteiger partial charge in [-0.15, -0.1) is 0 Å². The van der Waals surface area contributed by atoms with Crippen molar-refractivity contribution in [3.8, 4) is 0 Å². The maximum absolute atomic E-state index is 12.4. The first-order valence-corrected chi connectivity index (χ1v) is 9.71. The zero-order valence-corrected chi connectivity index (χ0v) is 16.6. The van der Waals surface area contributed by atoms with Crippen LogP contribution in [-0.2, 0) is 22.6 Å². The smallest absolute Gasteiger partial charge is 0.273 e. The van der Waals surface area contributed by atoms with E-state index in [0.717, 1.165) is 31.2 Å². The van der Waals surface area contributed by atoms with Gasteiger partial charge in [0.1, 0.15) is 6.61 Å². The highest BCUT2D eigenvalue weighted by atomic mass is 35.5. The predicted octanol–water partition coefficient (Wildman–Crippen LogP) is 3.18. The quantitative estimate of drug-likeness (QED) is 0.729. The molecule has 3 rings (SSSR count). The number of carbonyl (C=O) groups excluding carboxylic acids is 2. The normalized spacial score (nSPS) is 14.2. The van der Waals surface area contributed by atoms with Crippen molar-refractivity contribution in [2.75, 3.05) is 13.7 Å². The second-order valence-electron chi connectivity index (χ2n) is 6.88. The first-order valence-electron chi connectivity index (χ1n) is 9.33. The Balaban J connectivity index is 1.61. The molecule has 1 aliphatic carbocycles. The molecule has 0 unspecified atom stereocenters. The van der Waals surface area contributed by atoms with Gasteiger partial charge in [0.15, 0.2) is 11.5 Å². The zero-order valence-electron chi connectivity index (χ0n) is 15.8. The molecular weight excluding hydrogens is 382 g/mol. The third-order valence-electron chi connectivity index (χ3n) is 4.81. The van der Waals surface area contributed by atoms with Gasteiger partial charge in [-0.05, 0) is 30.5 Å². The van der Waals surface area contributed by atoms with Crippen molar-refractivity contribution in [2.45, 2.75) is 44.8 Å². The summed E-state index contributed by atoms with van der Waals surface area (Å²) in [6.45, 7) is 0.640. The van der Waals surface area contributed by atoms with Gasteiger partial charge in [0.25, 0.3) is 5.91 Å². The lowest BCUT2D eigenvalue weighted by Gasteiger charge is -2.27. The van der Waals surface area contributed by atoms with Crippen LogP contribution >= 0.6 is 11.6 Å². The highest BCUT2D eigenvalue weighted by Gasteiger charge is 2.28. The molecule has 1 aliphatic rings. The van der Waals surface area contributed by atoms with Crippen molar-refractivity contribution in [3.05, 3.63) is 52.4 Å². The Morgan fingerprint density at radius 2 is 2.11 bits per heavy atom. The first-order chi connectivity index (χ1) is 13.6. The topological polar surface area (TPSA) is 84.7 Å². The highest BCUT2D eigenvalue weighted by Crippen LogP contribution is 2.25. The van der Waals surface area contributed by atoms with E-state index in [0.29, 0.717) is 17.3 Å². The molecule has 7 nitrogen and oxygen atoms in total. The number of halogens is 1. The van der Waals surface area contributed by atoms with Crippen LogP contribution in [0.1, 0.15) is 47.5 Å². The molecule has 0 aliphatic heterocycles. The van der Waals surface area contributed by atoms with Gasteiger partial charge in [0.2, 0.25) is 5.91 Å². The number of aromatic nitrogens is 1. The number of rotatable bonds is 8. The maximum Gasteiger partial charge on any atom is 0.273 e. The largest absolute Gasteiger partial charge is 0.375 e. The molecule has 2 aromatic rings. The minimum Gasteiger partial charge on any atom is -0.375 e. The standard InChI is InChI=1S/C20H24ClN3O4/c1-27-13-19(25)24(16-7-2-3-8-16)12-17-10-18(23-28-17)20(26)22-11-14-5-4-6-15(21)9-14/h4-6,9-10,16H,2-3,7-8,11-13H2,1H3,(H,22,26). The van der Waals surface area contributed by atoms with E-state index in [-0.39, 0.29) is 36.7 Å². The van der Waals surface area contributed by atoms with Crippen molar-refractivity contribution in [2.24, 2.45) is 0 Å². The van der Waals surface area contributed by atoms with Crippen molar-refractivity contribution >= 4 is 23.4 Å². The number of ether oxygens (including phenoxy) is 1. The Kier molecular flexibility index (Phi) is 7.06. The minimum atomic E-state index is -0.342. The Morgan fingerprint density at radius 1 is 1.32 bits per heavy atom. The lowest BCUT2D eigenvalue weighted by atomic mass is 10.2. The summed E-state index contributed by atoms with van der Waals surface area (Å²) < 4.78 is 10.3. The first kappa shape index (κ1) is 20.4. The van der Waals surface area contributed by atoms with E-state index in [1.165, 1.54) is 7.11 Å². The van der Waals surface area contributed by atoms with Crippen molar-refractivity contribution in [3.63, 3.8) is 0 Å². The average molecular weight is 406 g/mol. The van der Waals surface area contributed by atoms with Crippen LogP contribution in [0, 0.1) is 0 Å². The van der Waals surface area contributed by atoms with Crippen LogP contribution in [0.2, 0.25) is 5.02 Å². The zero-order chi connectivity index (χ0) is 19.9. The molecule has 0 radical (unpaired) electrons. The van der Waals surface area contributed by atoms with Gasteiger partial charge in [-0.2, -0.15) is 0 Å². The number of benzene rings is 1. The van der Waals surface area contributed by atoms with Crippen molar-refractivity contribution in [1.82, 2.24) is 15.4 Å². The van der Waals surface area contributed by atoms with Crippen LogP contribution in [0.5, 0.6) is 0 Å². The molecule has 0 spiro atoms. The van der Waals surface area contributed by atoms with Gasteiger partial charge in [-0.1, -0.05) is 41.7 Å². The van der Waals surface area contributed by atoms with Crippen LogP contribution in [-0.4, -0.2) is 41.6 Å². The summed E-state index contributed by atoms with van der Waals surface area (Å²) >= 11 is 5.95. The van der Waals surface area contributed by atoms with Crippen LogP contribution in [0.3, 0.4) is 0 Å². The molecule has 1 aromatic carbocycles. The summed E-state index contributed by atoms with van der Waals surface area (Å²) in [6, 6.07) is 9.02. The molecule has 8 heteroatoms. The lowest BCUT2D eigenvalue weighted by molar-refractivity contribution is -0.138.